The van der Waals surface area contributed by atoms with Crippen molar-refractivity contribution in [1.82, 2.24) is 9.97 Å². The minimum atomic E-state index is -4.23. The number of halogens is 3. The van der Waals surface area contributed by atoms with Gasteiger partial charge >= 0.3 is 6.18 Å². The zero-order chi connectivity index (χ0) is 12.7. The molecule has 0 saturated carbocycles. The number of hydrogen-bond donors (Lipinski definition) is 1. The van der Waals surface area contributed by atoms with Crippen molar-refractivity contribution in [1.29, 1.82) is 0 Å². The maximum absolute atomic E-state index is 11.6. The van der Waals surface area contributed by atoms with E-state index in [9.17, 15) is 18.0 Å². The van der Waals surface area contributed by atoms with E-state index in [2.05, 4.69) is 9.97 Å². The van der Waals surface area contributed by atoms with E-state index in [-0.39, 0.29) is 0 Å². The number of nitrogens with one attached hydrogen (secondary N) is 1. The Morgan fingerprint density at radius 2 is 2.00 bits per heavy atom. The van der Waals surface area contributed by atoms with Crippen molar-refractivity contribution in [2.45, 2.75) is 6.18 Å². The Bertz CT molecular complexity index is 437. The molecule has 0 fully saturated rings. The average Bonchev–Trinajstić information content (AvgIpc) is 2.84. The van der Waals surface area contributed by atoms with E-state index in [0.29, 0.717) is 5.56 Å². The van der Waals surface area contributed by atoms with Crippen molar-refractivity contribution in [3.8, 4) is 0 Å². The summed E-state index contributed by atoms with van der Waals surface area (Å²) in [5, 5.41) is 0. The van der Waals surface area contributed by atoms with Crippen LogP contribution in [0.15, 0.2) is 42.9 Å². The van der Waals surface area contributed by atoms with Crippen LogP contribution < -0.4 is 0 Å². The van der Waals surface area contributed by atoms with E-state index in [0.717, 1.165) is 12.4 Å². The van der Waals surface area contributed by atoms with Crippen LogP contribution in [0.2, 0.25) is 0 Å². The second-order valence-corrected chi connectivity index (χ2v) is 2.99. The van der Waals surface area contributed by atoms with Crippen molar-refractivity contribution >= 4 is 6.29 Å². The van der Waals surface area contributed by atoms with Crippen molar-refractivity contribution in [2.75, 3.05) is 0 Å². The van der Waals surface area contributed by atoms with Crippen LogP contribution >= 0.6 is 0 Å². The predicted octanol–water partition coefficient (Wildman–Crippen LogP) is 2.93. The third kappa shape index (κ3) is 4.50. The van der Waals surface area contributed by atoms with E-state index >= 15 is 0 Å². The maximum Gasteiger partial charge on any atom is 0.431 e. The molecule has 2 aromatic rings. The first kappa shape index (κ1) is 13.0. The zero-order valence-electron chi connectivity index (χ0n) is 8.61. The number of pyridine rings is 1. The lowest BCUT2D eigenvalue weighted by Gasteiger charge is -2.00. The highest BCUT2D eigenvalue weighted by molar-refractivity contribution is 5.73. The number of aldehydes is 1. The second kappa shape index (κ2) is 5.83. The standard InChI is InChI=1S/C6H5NO.C5H4F3N/c8-5-6-2-1-3-7-4-6;6-5(7,8)4-2-1-3-9-4/h1-5H;1-3,9H. The molecule has 0 aliphatic heterocycles. The van der Waals surface area contributed by atoms with Gasteiger partial charge in [0.1, 0.15) is 5.69 Å². The normalized spacial score (nSPS) is 10.3. The number of aromatic amines is 1. The summed E-state index contributed by atoms with van der Waals surface area (Å²) < 4.78 is 34.8. The molecule has 0 unspecified atom stereocenters. The molecule has 2 heterocycles. The molecular formula is C11H9F3N2O. The quantitative estimate of drug-likeness (QED) is 0.781. The van der Waals surface area contributed by atoms with Gasteiger partial charge in [-0.15, -0.1) is 0 Å². The summed E-state index contributed by atoms with van der Waals surface area (Å²) in [5.74, 6) is 0. The van der Waals surface area contributed by atoms with Gasteiger partial charge in [-0.2, -0.15) is 13.2 Å². The predicted molar refractivity (Wildman–Crippen MR) is 55.4 cm³/mol. The van der Waals surface area contributed by atoms with Gasteiger partial charge in [0, 0.05) is 24.2 Å². The largest absolute Gasteiger partial charge is 0.431 e. The molecule has 2 aromatic heterocycles. The highest BCUT2D eigenvalue weighted by Crippen LogP contribution is 2.26. The smallest absolute Gasteiger partial charge is 0.358 e. The summed E-state index contributed by atoms with van der Waals surface area (Å²) in [4.78, 5) is 15.7. The second-order valence-electron chi connectivity index (χ2n) is 2.99. The van der Waals surface area contributed by atoms with Crippen molar-refractivity contribution in [2.24, 2.45) is 0 Å². The number of nitrogens with zero attached hydrogens (tertiary/aromatic N) is 1. The van der Waals surface area contributed by atoms with Crippen LogP contribution in [0.5, 0.6) is 0 Å². The average molecular weight is 242 g/mol. The molecule has 6 heteroatoms. The molecule has 1 N–H and O–H groups in total. The van der Waals surface area contributed by atoms with Gasteiger partial charge in [0.15, 0.2) is 6.29 Å². The molecule has 90 valence electrons. The molecule has 0 aliphatic carbocycles. The molecule has 2 rings (SSSR count). The van der Waals surface area contributed by atoms with Crippen LogP contribution in [0.4, 0.5) is 13.2 Å². The molecule has 0 amide bonds. The summed E-state index contributed by atoms with van der Waals surface area (Å²) >= 11 is 0. The third-order valence-corrected chi connectivity index (χ3v) is 1.72. The Balaban J connectivity index is 0.000000171. The molecule has 3 nitrogen and oxygen atoms in total. The summed E-state index contributed by atoms with van der Waals surface area (Å²) in [6, 6.07) is 5.73. The Morgan fingerprint density at radius 1 is 1.24 bits per heavy atom. The van der Waals surface area contributed by atoms with Gasteiger partial charge in [0.2, 0.25) is 0 Å². The fourth-order valence-electron chi connectivity index (χ4n) is 0.952. The molecule has 17 heavy (non-hydrogen) atoms. The number of aromatic nitrogens is 2. The number of rotatable bonds is 1. The molecule has 0 aromatic carbocycles. The van der Waals surface area contributed by atoms with Crippen LogP contribution in [-0.4, -0.2) is 16.3 Å². The Hall–Kier alpha value is -2.11. The van der Waals surface area contributed by atoms with Gasteiger partial charge in [-0.05, 0) is 24.3 Å². The van der Waals surface area contributed by atoms with Gasteiger partial charge < -0.3 is 4.98 Å². The van der Waals surface area contributed by atoms with Gasteiger partial charge in [0.05, 0.1) is 0 Å². The Morgan fingerprint density at radius 3 is 2.29 bits per heavy atom. The first-order valence-electron chi connectivity index (χ1n) is 4.60. The summed E-state index contributed by atoms with van der Waals surface area (Å²) in [6.45, 7) is 0. The van der Waals surface area contributed by atoms with E-state index in [4.69, 9.17) is 0 Å². The van der Waals surface area contributed by atoms with E-state index in [1.807, 2.05) is 0 Å². The van der Waals surface area contributed by atoms with E-state index in [1.54, 1.807) is 18.3 Å². The molecule has 0 spiro atoms. The summed E-state index contributed by atoms with van der Waals surface area (Å²) in [6.07, 6.45) is 0.930. The number of carbonyl (C=O) groups is 1. The van der Waals surface area contributed by atoms with Gasteiger partial charge in [-0.3, -0.25) is 9.78 Å². The van der Waals surface area contributed by atoms with Crippen molar-refractivity contribution < 1.29 is 18.0 Å². The summed E-state index contributed by atoms with van der Waals surface area (Å²) in [5.41, 5.74) is -0.0880. The SMILES string of the molecule is FC(F)(F)c1ccc[nH]1.O=Cc1cccnc1. The monoisotopic (exact) mass is 242 g/mol. The highest BCUT2D eigenvalue weighted by Gasteiger charge is 2.30. The number of carbonyl (C=O) groups excluding carboxylic acids is 1. The highest BCUT2D eigenvalue weighted by atomic mass is 19.4. The van der Waals surface area contributed by atoms with Crippen LogP contribution in [0.25, 0.3) is 0 Å². The van der Waals surface area contributed by atoms with Crippen LogP contribution in [0.3, 0.4) is 0 Å². The first-order chi connectivity index (χ1) is 8.04. The number of H-pyrrole nitrogens is 1. The topological polar surface area (TPSA) is 45.8 Å². The minimum Gasteiger partial charge on any atom is -0.358 e. The molecule has 0 saturated heterocycles. The molecule has 0 atom stereocenters. The molecule has 0 bridgehead atoms. The Labute approximate surface area is 95.3 Å². The van der Waals surface area contributed by atoms with Gasteiger partial charge in [-0.1, -0.05) is 0 Å². The van der Waals surface area contributed by atoms with Crippen LogP contribution in [-0.2, 0) is 6.18 Å². The third-order valence-electron chi connectivity index (χ3n) is 1.72. The lowest BCUT2D eigenvalue weighted by Crippen LogP contribution is -2.04. The van der Waals surface area contributed by atoms with Gasteiger partial charge in [0.25, 0.3) is 0 Å². The lowest BCUT2D eigenvalue weighted by atomic mass is 10.3. The fraction of sp³-hybridized carbons (Fsp3) is 0.0909. The minimum absolute atomic E-state index is 0.618. The molecule has 0 aliphatic rings. The molecular weight excluding hydrogens is 233 g/mol. The number of hydrogen-bond acceptors (Lipinski definition) is 2. The van der Waals surface area contributed by atoms with Crippen molar-refractivity contribution in [3.63, 3.8) is 0 Å². The van der Waals surface area contributed by atoms with Crippen LogP contribution in [0.1, 0.15) is 16.1 Å². The number of alkyl halides is 3. The summed E-state index contributed by atoms with van der Waals surface area (Å²) in [7, 11) is 0. The van der Waals surface area contributed by atoms with E-state index in [1.165, 1.54) is 18.5 Å². The van der Waals surface area contributed by atoms with Crippen molar-refractivity contribution in [3.05, 3.63) is 54.1 Å². The Kier molecular flexibility index (Phi) is 4.45. The van der Waals surface area contributed by atoms with E-state index < -0.39 is 11.9 Å². The van der Waals surface area contributed by atoms with Gasteiger partial charge in [-0.25, -0.2) is 0 Å². The molecule has 0 radical (unpaired) electrons. The maximum atomic E-state index is 11.6. The lowest BCUT2D eigenvalue weighted by molar-refractivity contribution is -0.140. The first-order valence-corrected chi connectivity index (χ1v) is 4.60. The fourth-order valence-corrected chi connectivity index (χ4v) is 0.952. The van der Waals surface area contributed by atoms with Crippen LogP contribution in [0, 0.1) is 0 Å². The zero-order valence-corrected chi connectivity index (χ0v) is 8.61.